The van der Waals surface area contributed by atoms with Gasteiger partial charge in [-0.05, 0) is 29.6 Å². The van der Waals surface area contributed by atoms with Crippen molar-refractivity contribution in [3.63, 3.8) is 0 Å². The summed E-state index contributed by atoms with van der Waals surface area (Å²) in [6.45, 7) is 0. The molecule has 8 heteroatoms. The summed E-state index contributed by atoms with van der Waals surface area (Å²) < 4.78 is 15.2. The van der Waals surface area contributed by atoms with Gasteiger partial charge >= 0.3 is 11.9 Å². The fourth-order valence-corrected chi connectivity index (χ4v) is 2.81. The maximum Gasteiger partial charge on any atom is 0.338 e. The smallest absolute Gasteiger partial charge is 0.338 e. The number of rotatable bonds is 4. The quantitative estimate of drug-likeness (QED) is 0.672. The number of ether oxygens (including phenoxy) is 3. The number of hydrogen-bond donors (Lipinski definition) is 0. The number of benzene rings is 1. The number of nitrogens with zero attached hydrogens (tertiary/aromatic N) is 2. The van der Waals surface area contributed by atoms with Gasteiger partial charge in [0.05, 0.1) is 30.7 Å². The van der Waals surface area contributed by atoms with E-state index in [1.165, 1.54) is 50.1 Å². The zero-order valence-electron chi connectivity index (χ0n) is 12.8. The van der Waals surface area contributed by atoms with Gasteiger partial charge in [-0.3, -0.25) is 0 Å². The Morgan fingerprint density at radius 1 is 1.00 bits per heavy atom. The van der Waals surface area contributed by atoms with Gasteiger partial charge in [-0.1, -0.05) is 0 Å². The van der Waals surface area contributed by atoms with E-state index < -0.39 is 11.9 Å². The molecule has 3 aromatic rings. The Balaban J connectivity index is 2.04. The molecule has 2 heterocycles. The van der Waals surface area contributed by atoms with Gasteiger partial charge in [0.1, 0.15) is 16.9 Å². The van der Waals surface area contributed by atoms with Crippen molar-refractivity contribution < 1.29 is 23.8 Å². The number of methoxy groups -OCH3 is 2. The number of thiophene rings is 1. The SMILES string of the molecule is COC(=O)c1cc(Oc2ncnc3sccc23)cc(C(=O)OC)c1. The lowest BCUT2D eigenvalue weighted by Gasteiger charge is -2.09. The average molecular weight is 344 g/mol. The van der Waals surface area contributed by atoms with E-state index in [2.05, 4.69) is 9.97 Å². The zero-order valence-corrected chi connectivity index (χ0v) is 13.6. The Bertz CT molecular complexity index is 887. The van der Waals surface area contributed by atoms with Gasteiger partial charge < -0.3 is 14.2 Å². The van der Waals surface area contributed by atoms with Gasteiger partial charge in [-0.2, -0.15) is 0 Å². The highest BCUT2D eigenvalue weighted by atomic mass is 32.1. The lowest BCUT2D eigenvalue weighted by molar-refractivity contribution is 0.0598. The lowest BCUT2D eigenvalue weighted by Crippen LogP contribution is -2.07. The number of esters is 2. The fraction of sp³-hybridized carbons (Fsp3) is 0.125. The molecule has 0 amide bonds. The second-order valence-electron chi connectivity index (χ2n) is 4.65. The summed E-state index contributed by atoms with van der Waals surface area (Å²) in [7, 11) is 2.51. The highest BCUT2D eigenvalue weighted by molar-refractivity contribution is 7.16. The van der Waals surface area contributed by atoms with E-state index in [-0.39, 0.29) is 16.9 Å². The topological polar surface area (TPSA) is 87.6 Å². The molecule has 0 aliphatic heterocycles. The largest absolute Gasteiger partial charge is 0.465 e. The van der Waals surface area contributed by atoms with Crippen molar-refractivity contribution in [3.8, 4) is 11.6 Å². The third-order valence-electron chi connectivity index (χ3n) is 3.19. The van der Waals surface area contributed by atoms with Crippen molar-refractivity contribution in [2.45, 2.75) is 0 Å². The summed E-state index contributed by atoms with van der Waals surface area (Å²) in [6, 6.07) is 6.16. The average Bonchev–Trinajstić information content (AvgIpc) is 3.09. The Hall–Kier alpha value is -3.00. The number of aromatic nitrogens is 2. The summed E-state index contributed by atoms with van der Waals surface area (Å²) >= 11 is 1.46. The molecule has 0 aliphatic rings. The molecule has 2 aromatic heterocycles. The van der Waals surface area contributed by atoms with E-state index in [9.17, 15) is 9.59 Å². The van der Waals surface area contributed by atoms with Crippen molar-refractivity contribution in [2.75, 3.05) is 14.2 Å². The normalized spacial score (nSPS) is 10.4. The maximum absolute atomic E-state index is 11.8. The zero-order chi connectivity index (χ0) is 17.1. The highest BCUT2D eigenvalue weighted by Gasteiger charge is 2.16. The summed E-state index contributed by atoms with van der Waals surface area (Å²) in [6.07, 6.45) is 1.39. The van der Waals surface area contributed by atoms with E-state index >= 15 is 0 Å². The fourth-order valence-electron chi connectivity index (χ4n) is 2.09. The molecule has 0 N–H and O–H groups in total. The van der Waals surface area contributed by atoms with E-state index in [1.807, 2.05) is 11.4 Å². The van der Waals surface area contributed by atoms with Gasteiger partial charge in [-0.15, -0.1) is 11.3 Å². The first-order valence-electron chi connectivity index (χ1n) is 6.80. The summed E-state index contributed by atoms with van der Waals surface area (Å²) in [5.74, 6) is -0.577. The molecule has 0 spiro atoms. The third kappa shape index (κ3) is 3.04. The Morgan fingerprint density at radius 2 is 1.67 bits per heavy atom. The molecular weight excluding hydrogens is 332 g/mol. The van der Waals surface area contributed by atoms with Crippen LogP contribution >= 0.6 is 11.3 Å². The van der Waals surface area contributed by atoms with Crippen LogP contribution in [-0.4, -0.2) is 36.1 Å². The van der Waals surface area contributed by atoms with Gasteiger partial charge in [0.25, 0.3) is 0 Å². The molecular formula is C16H12N2O5S. The van der Waals surface area contributed by atoms with Crippen LogP contribution in [0.1, 0.15) is 20.7 Å². The molecule has 0 atom stereocenters. The second kappa shape index (κ2) is 6.63. The Labute approximate surface area is 140 Å². The molecule has 24 heavy (non-hydrogen) atoms. The lowest BCUT2D eigenvalue weighted by atomic mass is 10.1. The van der Waals surface area contributed by atoms with Crippen molar-refractivity contribution in [1.29, 1.82) is 0 Å². The minimum absolute atomic E-state index is 0.172. The monoisotopic (exact) mass is 344 g/mol. The Kier molecular flexibility index (Phi) is 4.39. The maximum atomic E-state index is 11.8. The van der Waals surface area contributed by atoms with E-state index in [4.69, 9.17) is 14.2 Å². The van der Waals surface area contributed by atoms with Crippen LogP contribution in [0.5, 0.6) is 11.6 Å². The number of carbonyl (C=O) groups excluding carboxylic acids is 2. The Morgan fingerprint density at radius 3 is 2.29 bits per heavy atom. The van der Waals surface area contributed by atoms with Crippen molar-refractivity contribution >= 4 is 33.5 Å². The third-order valence-corrected chi connectivity index (χ3v) is 4.01. The standard InChI is InChI=1S/C16H12N2O5S/c1-21-15(19)9-5-10(16(20)22-2)7-11(6-9)23-13-12-3-4-24-14(12)18-8-17-13/h3-8H,1-2H3. The van der Waals surface area contributed by atoms with Crippen molar-refractivity contribution in [3.05, 3.63) is 47.1 Å². The number of fused-ring (bicyclic) bond motifs is 1. The molecule has 0 aliphatic carbocycles. The molecule has 0 saturated heterocycles. The van der Waals surface area contributed by atoms with Crippen LogP contribution in [0.4, 0.5) is 0 Å². The first-order chi connectivity index (χ1) is 11.6. The van der Waals surface area contributed by atoms with E-state index in [1.54, 1.807) is 0 Å². The van der Waals surface area contributed by atoms with Crippen LogP contribution in [0.15, 0.2) is 36.0 Å². The molecule has 0 saturated carbocycles. The van der Waals surface area contributed by atoms with Gasteiger partial charge in [0.2, 0.25) is 5.88 Å². The molecule has 3 rings (SSSR count). The van der Waals surface area contributed by atoms with E-state index in [0.717, 1.165) is 10.2 Å². The first kappa shape index (κ1) is 15.9. The number of hydrogen-bond acceptors (Lipinski definition) is 8. The summed E-state index contributed by atoms with van der Waals surface area (Å²) in [4.78, 5) is 32.6. The van der Waals surface area contributed by atoms with Gasteiger partial charge in [0, 0.05) is 0 Å². The second-order valence-corrected chi connectivity index (χ2v) is 5.54. The van der Waals surface area contributed by atoms with Crippen LogP contribution in [-0.2, 0) is 9.47 Å². The molecule has 0 radical (unpaired) electrons. The summed E-state index contributed by atoms with van der Waals surface area (Å²) in [5, 5.41) is 2.61. The van der Waals surface area contributed by atoms with Gasteiger partial charge in [-0.25, -0.2) is 19.6 Å². The minimum atomic E-state index is -0.589. The minimum Gasteiger partial charge on any atom is -0.465 e. The van der Waals surface area contributed by atoms with Crippen LogP contribution in [0.25, 0.3) is 10.2 Å². The molecule has 1 aromatic carbocycles. The van der Waals surface area contributed by atoms with E-state index in [0.29, 0.717) is 5.88 Å². The van der Waals surface area contributed by atoms with Crippen LogP contribution in [0, 0.1) is 0 Å². The molecule has 0 unspecified atom stereocenters. The molecule has 0 fully saturated rings. The number of carbonyl (C=O) groups is 2. The van der Waals surface area contributed by atoms with Gasteiger partial charge in [0.15, 0.2) is 0 Å². The van der Waals surface area contributed by atoms with Crippen LogP contribution in [0.3, 0.4) is 0 Å². The molecule has 7 nitrogen and oxygen atoms in total. The molecule has 0 bridgehead atoms. The predicted octanol–water partition coefficient (Wildman–Crippen LogP) is 3.06. The van der Waals surface area contributed by atoms with Crippen LogP contribution < -0.4 is 4.74 Å². The van der Waals surface area contributed by atoms with Crippen molar-refractivity contribution in [2.24, 2.45) is 0 Å². The summed E-state index contributed by atoms with van der Waals surface area (Å²) in [5.41, 5.74) is 0.344. The first-order valence-corrected chi connectivity index (χ1v) is 7.68. The van der Waals surface area contributed by atoms with Crippen LogP contribution in [0.2, 0.25) is 0 Å². The highest BCUT2D eigenvalue weighted by Crippen LogP contribution is 2.30. The predicted molar refractivity (Wildman–Crippen MR) is 86.6 cm³/mol. The molecule has 122 valence electrons. The van der Waals surface area contributed by atoms with Crippen molar-refractivity contribution in [1.82, 2.24) is 9.97 Å².